The lowest BCUT2D eigenvalue weighted by molar-refractivity contribution is -0.149. The quantitative estimate of drug-likeness (QED) is 0.708. The van der Waals surface area contributed by atoms with Crippen LogP contribution < -0.4 is 5.73 Å². The van der Waals surface area contributed by atoms with Crippen LogP contribution >= 0.6 is 11.8 Å². The maximum Gasteiger partial charge on any atom is 0.326 e. The highest BCUT2D eigenvalue weighted by Crippen LogP contribution is 2.40. The van der Waals surface area contributed by atoms with Gasteiger partial charge in [0.25, 0.3) is 0 Å². The number of thioether (sulfide) groups is 1. The lowest BCUT2D eigenvalue weighted by Gasteiger charge is -2.33. The Morgan fingerprint density at radius 3 is 2.62 bits per heavy atom. The Morgan fingerprint density at radius 1 is 1.24 bits per heavy atom. The molecule has 3 N–H and O–H groups in total. The van der Waals surface area contributed by atoms with Crippen LogP contribution in [0.1, 0.15) is 38.5 Å². The van der Waals surface area contributed by atoms with Crippen molar-refractivity contribution in [2.24, 2.45) is 11.7 Å². The molecule has 2 fully saturated rings. The van der Waals surface area contributed by atoms with E-state index in [1.807, 2.05) is 0 Å². The maximum absolute atomic E-state index is 12.4. The van der Waals surface area contributed by atoms with E-state index in [0.29, 0.717) is 18.1 Å². The second kappa shape index (κ2) is 7.15. The summed E-state index contributed by atoms with van der Waals surface area (Å²) in [5, 5.41) is 9.36. The molecule has 0 aromatic heterocycles. The van der Waals surface area contributed by atoms with Gasteiger partial charge in [-0.3, -0.25) is 9.59 Å². The summed E-state index contributed by atoms with van der Waals surface area (Å²) in [6, 6.07) is -0.583. The van der Waals surface area contributed by atoms with Crippen LogP contribution in [0.2, 0.25) is 0 Å². The molecule has 2 rings (SSSR count). The normalized spacial score (nSPS) is 28.2. The molecule has 118 valence electrons. The second-order valence-corrected chi connectivity index (χ2v) is 6.88. The van der Waals surface area contributed by atoms with Crippen LogP contribution in [0.3, 0.4) is 0 Å². The molecule has 2 aliphatic rings. The molecule has 0 aromatic carbocycles. The molecule has 3 unspecified atom stereocenters. The van der Waals surface area contributed by atoms with E-state index in [9.17, 15) is 19.5 Å². The lowest BCUT2D eigenvalue weighted by Crippen LogP contribution is -2.46. The summed E-state index contributed by atoms with van der Waals surface area (Å²) in [4.78, 5) is 36.1. The maximum atomic E-state index is 12.4. The van der Waals surface area contributed by atoms with E-state index in [1.54, 1.807) is 4.90 Å². The summed E-state index contributed by atoms with van der Waals surface area (Å²) < 4.78 is 0. The minimum atomic E-state index is -0.900. The molecule has 0 bridgehead atoms. The van der Waals surface area contributed by atoms with E-state index in [0.717, 1.165) is 25.7 Å². The standard InChI is InChI=1S/C14H22N2O4S/c15-12(17)8-21-6-5-13(18)16-10-4-2-1-3-9(10)7-11(16)14(19)20/h9-11H,1-8H2,(H2,15,17)(H,19,20). The smallest absolute Gasteiger partial charge is 0.326 e. The molecule has 0 spiro atoms. The molecule has 6 nitrogen and oxygen atoms in total. The Labute approximate surface area is 128 Å². The van der Waals surface area contributed by atoms with Gasteiger partial charge in [-0.2, -0.15) is 11.8 Å². The fourth-order valence-corrected chi connectivity index (χ4v) is 4.17. The number of amides is 2. The van der Waals surface area contributed by atoms with Crippen molar-refractivity contribution in [1.82, 2.24) is 4.90 Å². The van der Waals surface area contributed by atoms with Crippen molar-refractivity contribution in [2.45, 2.75) is 50.6 Å². The highest BCUT2D eigenvalue weighted by molar-refractivity contribution is 7.99. The van der Waals surface area contributed by atoms with Gasteiger partial charge in [-0.15, -0.1) is 0 Å². The Hall–Kier alpha value is -1.24. The van der Waals surface area contributed by atoms with Crippen LogP contribution in [0.25, 0.3) is 0 Å². The van der Waals surface area contributed by atoms with E-state index in [4.69, 9.17) is 5.73 Å². The topological polar surface area (TPSA) is 101 Å². The lowest BCUT2D eigenvalue weighted by atomic mass is 9.84. The van der Waals surface area contributed by atoms with Crippen molar-refractivity contribution >= 4 is 29.5 Å². The number of fused-ring (bicyclic) bond motifs is 1. The number of nitrogens with two attached hydrogens (primary N) is 1. The van der Waals surface area contributed by atoms with E-state index < -0.39 is 17.9 Å². The predicted molar refractivity (Wildman–Crippen MR) is 79.8 cm³/mol. The molecule has 0 aromatic rings. The summed E-state index contributed by atoms with van der Waals surface area (Å²) in [5.74, 6) is -0.369. The van der Waals surface area contributed by atoms with Gasteiger partial charge in [0.1, 0.15) is 6.04 Å². The molecule has 3 atom stereocenters. The average molecular weight is 314 g/mol. The number of hydrogen-bond donors (Lipinski definition) is 2. The van der Waals surface area contributed by atoms with E-state index in [1.165, 1.54) is 11.8 Å². The summed E-state index contributed by atoms with van der Waals surface area (Å²) in [6.07, 6.45) is 4.98. The SMILES string of the molecule is NC(=O)CSCCC(=O)N1C(C(=O)O)CC2CCCCC21. The number of primary amides is 1. The minimum absolute atomic E-state index is 0.0912. The predicted octanol–water partition coefficient (Wildman–Crippen LogP) is 0.839. The molecule has 2 amide bonds. The molecule has 1 saturated heterocycles. The molecular weight excluding hydrogens is 292 g/mol. The van der Waals surface area contributed by atoms with Gasteiger partial charge in [-0.25, -0.2) is 4.79 Å². The van der Waals surface area contributed by atoms with Crippen LogP contribution in [0, 0.1) is 5.92 Å². The zero-order valence-corrected chi connectivity index (χ0v) is 12.8. The summed E-state index contributed by atoms with van der Waals surface area (Å²) >= 11 is 1.32. The van der Waals surface area contributed by atoms with Gasteiger partial charge in [0, 0.05) is 18.2 Å². The third-order valence-corrected chi connectivity index (χ3v) is 5.35. The van der Waals surface area contributed by atoms with Gasteiger partial charge < -0.3 is 15.7 Å². The Morgan fingerprint density at radius 2 is 1.95 bits per heavy atom. The molecule has 1 aliphatic heterocycles. The van der Waals surface area contributed by atoms with Crippen LogP contribution in [0.4, 0.5) is 0 Å². The molecule has 21 heavy (non-hydrogen) atoms. The number of carboxylic acids is 1. The van der Waals surface area contributed by atoms with E-state index >= 15 is 0 Å². The Kier molecular flexibility index (Phi) is 5.50. The molecule has 0 radical (unpaired) electrons. The van der Waals surface area contributed by atoms with Crippen molar-refractivity contribution in [3.8, 4) is 0 Å². The van der Waals surface area contributed by atoms with Crippen molar-refractivity contribution in [3.05, 3.63) is 0 Å². The number of likely N-dealkylation sites (tertiary alicyclic amines) is 1. The Bertz CT molecular complexity index is 429. The number of hydrogen-bond acceptors (Lipinski definition) is 4. The average Bonchev–Trinajstić information content (AvgIpc) is 2.83. The third kappa shape index (κ3) is 3.90. The zero-order valence-electron chi connectivity index (χ0n) is 12.0. The van der Waals surface area contributed by atoms with Crippen LogP contribution in [0.5, 0.6) is 0 Å². The highest BCUT2D eigenvalue weighted by Gasteiger charge is 2.47. The van der Waals surface area contributed by atoms with Crippen molar-refractivity contribution in [3.63, 3.8) is 0 Å². The van der Waals surface area contributed by atoms with Crippen LogP contribution in [0.15, 0.2) is 0 Å². The van der Waals surface area contributed by atoms with E-state index in [2.05, 4.69) is 0 Å². The third-order valence-electron chi connectivity index (χ3n) is 4.37. The first kappa shape index (κ1) is 16.1. The van der Waals surface area contributed by atoms with Gasteiger partial charge in [0.2, 0.25) is 11.8 Å². The number of carbonyl (C=O) groups excluding carboxylic acids is 2. The fraction of sp³-hybridized carbons (Fsp3) is 0.786. The fourth-order valence-electron chi connectivity index (χ4n) is 3.50. The minimum Gasteiger partial charge on any atom is -0.480 e. The highest BCUT2D eigenvalue weighted by atomic mass is 32.2. The molecule has 7 heteroatoms. The van der Waals surface area contributed by atoms with Gasteiger partial charge in [-0.05, 0) is 25.2 Å². The summed E-state index contributed by atoms with van der Waals surface area (Å²) in [6.45, 7) is 0. The van der Waals surface area contributed by atoms with Gasteiger partial charge in [0.05, 0.1) is 5.75 Å². The molecular formula is C14H22N2O4S. The first-order chi connectivity index (χ1) is 10.0. The first-order valence-electron chi connectivity index (χ1n) is 7.40. The van der Waals surface area contributed by atoms with Crippen LogP contribution in [-0.4, -0.2) is 51.4 Å². The Balaban J connectivity index is 1.95. The molecule has 1 saturated carbocycles. The van der Waals surface area contributed by atoms with E-state index in [-0.39, 0.29) is 24.1 Å². The van der Waals surface area contributed by atoms with Crippen LogP contribution in [-0.2, 0) is 14.4 Å². The monoisotopic (exact) mass is 314 g/mol. The molecule has 1 aliphatic carbocycles. The summed E-state index contributed by atoms with van der Waals surface area (Å²) in [7, 11) is 0. The number of carboxylic acid groups (broad SMARTS) is 1. The van der Waals surface area contributed by atoms with Gasteiger partial charge in [-0.1, -0.05) is 12.8 Å². The number of carbonyl (C=O) groups is 3. The second-order valence-electron chi connectivity index (χ2n) is 5.77. The van der Waals surface area contributed by atoms with Crippen molar-refractivity contribution in [2.75, 3.05) is 11.5 Å². The van der Waals surface area contributed by atoms with Gasteiger partial charge in [0.15, 0.2) is 0 Å². The largest absolute Gasteiger partial charge is 0.480 e. The first-order valence-corrected chi connectivity index (χ1v) is 8.56. The number of nitrogens with zero attached hydrogens (tertiary/aromatic N) is 1. The molecule has 1 heterocycles. The summed E-state index contributed by atoms with van der Waals surface area (Å²) in [5.41, 5.74) is 5.05. The zero-order chi connectivity index (χ0) is 15.4. The number of rotatable bonds is 6. The van der Waals surface area contributed by atoms with Crippen molar-refractivity contribution < 1.29 is 19.5 Å². The van der Waals surface area contributed by atoms with Crippen molar-refractivity contribution in [1.29, 1.82) is 0 Å². The van der Waals surface area contributed by atoms with Gasteiger partial charge >= 0.3 is 5.97 Å². The number of aliphatic carboxylic acids is 1.